The van der Waals surface area contributed by atoms with Crippen molar-refractivity contribution in [1.29, 1.82) is 0 Å². The number of nitrogens with one attached hydrogen (secondary N) is 1. The van der Waals surface area contributed by atoms with Crippen LogP contribution in [0.5, 0.6) is 0 Å². The van der Waals surface area contributed by atoms with Crippen molar-refractivity contribution in [3.05, 3.63) is 17.2 Å². The summed E-state index contributed by atoms with van der Waals surface area (Å²) in [6, 6.07) is 3.52. The normalized spacial score (nSPS) is 17.5. The van der Waals surface area contributed by atoms with Crippen molar-refractivity contribution in [3.63, 3.8) is 0 Å². The Morgan fingerprint density at radius 1 is 1.40 bits per heavy atom. The van der Waals surface area contributed by atoms with Gasteiger partial charge in [0.15, 0.2) is 0 Å². The number of nitrogens with two attached hydrogens (primary N) is 1. The first-order valence-electron chi connectivity index (χ1n) is 6.59. The van der Waals surface area contributed by atoms with Gasteiger partial charge in [0, 0.05) is 6.54 Å². The molecule has 1 fully saturated rings. The highest BCUT2D eigenvalue weighted by molar-refractivity contribution is 7.00. The Morgan fingerprint density at radius 2 is 2.15 bits per heavy atom. The molecule has 1 saturated carbocycles. The van der Waals surface area contributed by atoms with Gasteiger partial charge in [-0.25, -0.2) is 0 Å². The number of benzene rings is 1. The number of carbonyl (C=O) groups is 1. The number of halogens is 1. The third-order valence-corrected chi connectivity index (χ3v) is 4.91. The zero-order valence-corrected chi connectivity index (χ0v) is 12.4. The fraction of sp³-hybridized carbons (Fsp3) is 0.462. The third kappa shape index (κ3) is 2.17. The summed E-state index contributed by atoms with van der Waals surface area (Å²) in [5.41, 5.74) is 7.29. The van der Waals surface area contributed by atoms with E-state index in [1.165, 1.54) is 0 Å². The van der Waals surface area contributed by atoms with Crippen LogP contribution in [0.1, 0.15) is 25.7 Å². The number of rotatable bonds is 3. The molecule has 1 heterocycles. The maximum atomic E-state index is 12.6. The van der Waals surface area contributed by atoms with Crippen molar-refractivity contribution in [1.82, 2.24) is 8.75 Å². The van der Waals surface area contributed by atoms with Crippen LogP contribution in [0.2, 0.25) is 5.02 Å². The van der Waals surface area contributed by atoms with E-state index in [2.05, 4.69) is 14.1 Å². The number of amides is 1. The Bertz CT molecular complexity index is 651. The number of carbonyl (C=O) groups excluding carboxylic acids is 1. The number of anilines is 1. The standard InChI is InChI=1S/C13H15ClN4OS/c14-8-3-4-9-11(18-20-17-9)10(8)16-12(19)13(7-15)5-1-2-6-13/h3-4H,1-2,5-7,15H2,(H,16,19). The van der Waals surface area contributed by atoms with Crippen LogP contribution in [0.25, 0.3) is 11.0 Å². The first-order chi connectivity index (χ1) is 9.66. The zero-order valence-electron chi connectivity index (χ0n) is 10.9. The summed E-state index contributed by atoms with van der Waals surface area (Å²) in [4.78, 5) is 12.6. The highest BCUT2D eigenvalue weighted by atomic mass is 35.5. The predicted octanol–water partition coefficient (Wildman–Crippen LogP) is 2.80. The fourth-order valence-electron chi connectivity index (χ4n) is 2.77. The van der Waals surface area contributed by atoms with E-state index < -0.39 is 5.41 Å². The van der Waals surface area contributed by atoms with Crippen LogP contribution in [0.4, 0.5) is 5.69 Å². The molecule has 20 heavy (non-hydrogen) atoms. The molecule has 7 heteroatoms. The van der Waals surface area contributed by atoms with Crippen LogP contribution in [-0.2, 0) is 4.79 Å². The third-order valence-electron chi connectivity index (χ3n) is 4.05. The summed E-state index contributed by atoms with van der Waals surface area (Å²) in [5.74, 6) is -0.0556. The summed E-state index contributed by atoms with van der Waals surface area (Å²) in [5, 5.41) is 3.40. The van der Waals surface area contributed by atoms with Crippen molar-refractivity contribution in [3.8, 4) is 0 Å². The molecule has 1 aliphatic carbocycles. The van der Waals surface area contributed by atoms with E-state index >= 15 is 0 Å². The van der Waals surface area contributed by atoms with E-state index in [9.17, 15) is 4.79 Å². The van der Waals surface area contributed by atoms with Gasteiger partial charge in [-0.2, -0.15) is 8.75 Å². The monoisotopic (exact) mass is 310 g/mol. The number of fused-ring (bicyclic) bond motifs is 1. The molecule has 1 aromatic heterocycles. The van der Waals surface area contributed by atoms with Crippen molar-refractivity contribution in [2.24, 2.45) is 11.1 Å². The Kier molecular flexibility index (Phi) is 3.62. The average Bonchev–Trinajstić information content (AvgIpc) is 3.10. The second-order valence-corrected chi connectivity index (χ2v) is 6.14. The van der Waals surface area contributed by atoms with Crippen LogP contribution in [0.3, 0.4) is 0 Å². The molecule has 0 radical (unpaired) electrons. The molecular weight excluding hydrogens is 296 g/mol. The first-order valence-corrected chi connectivity index (χ1v) is 7.69. The van der Waals surface area contributed by atoms with Gasteiger partial charge in [-0.05, 0) is 25.0 Å². The van der Waals surface area contributed by atoms with Crippen LogP contribution in [-0.4, -0.2) is 21.2 Å². The molecule has 5 nitrogen and oxygen atoms in total. The number of nitrogens with zero attached hydrogens (tertiary/aromatic N) is 2. The van der Waals surface area contributed by atoms with Gasteiger partial charge in [0.1, 0.15) is 11.0 Å². The van der Waals surface area contributed by atoms with Crippen molar-refractivity contribution in [2.75, 3.05) is 11.9 Å². The molecule has 1 aromatic carbocycles. The van der Waals surface area contributed by atoms with E-state index in [4.69, 9.17) is 17.3 Å². The summed E-state index contributed by atoms with van der Waals surface area (Å²) in [7, 11) is 0. The second-order valence-electron chi connectivity index (χ2n) is 5.20. The minimum atomic E-state index is -0.463. The molecule has 0 spiro atoms. The molecule has 0 saturated heterocycles. The van der Waals surface area contributed by atoms with Gasteiger partial charge in [0.25, 0.3) is 0 Å². The lowest BCUT2D eigenvalue weighted by molar-refractivity contribution is -0.124. The van der Waals surface area contributed by atoms with Crippen LogP contribution < -0.4 is 11.1 Å². The Labute approximate surface area is 125 Å². The summed E-state index contributed by atoms with van der Waals surface area (Å²) in [6.45, 7) is 0.363. The molecule has 106 valence electrons. The molecule has 0 unspecified atom stereocenters. The van der Waals surface area contributed by atoms with E-state index in [0.29, 0.717) is 22.8 Å². The Balaban J connectivity index is 1.95. The Morgan fingerprint density at radius 3 is 2.85 bits per heavy atom. The van der Waals surface area contributed by atoms with Gasteiger partial charge in [0.05, 0.1) is 27.9 Å². The topological polar surface area (TPSA) is 80.9 Å². The summed E-state index contributed by atoms with van der Waals surface area (Å²) >= 11 is 7.30. The summed E-state index contributed by atoms with van der Waals surface area (Å²) < 4.78 is 8.37. The predicted molar refractivity (Wildman–Crippen MR) is 81.0 cm³/mol. The van der Waals surface area contributed by atoms with E-state index in [-0.39, 0.29) is 5.91 Å². The average molecular weight is 311 g/mol. The quantitative estimate of drug-likeness (QED) is 0.913. The maximum Gasteiger partial charge on any atom is 0.231 e. The molecule has 3 N–H and O–H groups in total. The number of hydrogen-bond donors (Lipinski definition) is 2. The lowest BCUT2D eigenvalue weighted by Crippen LogP contribution is -2.40. The molecule has 1 aliphatic rings. The fourth-order valence-corrected chi connectivity index (χ4v) is 3.51. The Hall–Kier alpha value is -1.24. The van der Waals surface area contributed by atoms with Gasteiger partial charge in [-0.1, -0.05) is 24.4 Å². The maximum absolute atomic E-state index is 12.6. The van der Waals surface area contributed by atoms with Gasteiger partial charge in [-0.3, -0.25) is 4.79 Å². The van der Waals surface area contributed by atoms with Gasteiger partial charge in [-0.15, -0.1) is 0 Å². The molecule has 2 aromatic rings. The minimum absolute atomic E-state index is 0.0556. The number of hydrogen-bond acceptors (Lipinski definition) is 5. The van der Waals surface area contributed by atoms with E-state index in [1.807, 2.05) is 0 Å². The van der Waals surface area contributed by atoms with Gasteiger partial charge < -0.3 is 11.1 Å². The van der Waals surface area contributed by atoms with Crippen molar-refractivity contribution >= 4 is 46.0 Å². The van der Waals surface area contributed by atoms with E-state index in [1.54, 1.807) is 12.1 Å². The largest absolute Gasteiger partial charge is 0.329 e. The lowest BCUT2D eigenvalue weighted by Gasteiger charge is -2.26. The highest BCUT2D eigenvalue weighted by Gasteiger charge is 2.40. The molecular formula is C13H15ClN4OS. The SMILES string of the molecule is NCC1(C(=O)Nc2c(Cl)ccc3nsnc23)CCCC1. The first kappa shape index (κ1) is 13.7. The molecule has 0 aliphatic heterocycles. The smallest absolute Gasteiger partial charge is 0.231 e. The van der Waals surface area contributed by atoms with Crippen LogP contribution in [0.15, 0.2) is 12.1 Å². The summed E-state index contributed by atoms with van der Waals surface area (Å²) in [6.07, 6.45) is 3.75. The lowest BCUT2D eigenvalue weighted by atomic mass is 9.85. The number of aromatic nitrogens is 2. The van der Waals surface area contributed by atoms with Crippen molar-refractivity contribution in [2.45, 2.75) is 25.7 Å². The second kappa shape index (κ2) is 5.27. The highest BCUT2D eigenvalue weighted by Crippen LogP contribution is 2.39. The zero-order chi connectivity index (χ0) is 14.2. The molecule has 1 amide bonds. The van der Waals surface area contributed by atoms with E-state index in [0.717, 1.165) is 42.9 Å². The van der Waals surface area contributed by atoms with Crippen LogP contribution >= 0.6 is 23.3 Å². The molecule has 0 bridgehead atoms. The van der Waals surface area contributed by atoms with Gasteiger partial charge >= 0.3 is 0 Å². The van der Waals surface area contributed by atoms with Crippen molar-refractivity contribution < 1.29 is 4.79 Å². The molecule has 3 rings (SSSR count). The van der Waals surface area contributed by atoms with Gasteiger partial charge in [0.2, 0.25) is 5.91 Å². The molecule has 0 atom stereocenters. The minimum Gasteiger partial charge on any atom is -0.329 e. The van der Waals surface area contributed by atoms with Crippen LogP contribution in [0, 0.1) is 5.41 Å².